The largest absolute Gasteiger partial charge is 0.489 e. The highest BCUT2D eigenvalue weighted by molar-refractivity contribution is 6.35. The SMILES string of the molecule is OC(COc1ccc(Cl)cc1Cl)CN1CCN(Cc2ccc(Cl)cc2)CC1. The molecule has 1 unspecified atom stereocenters. The Morgan fingerprint density at radius 3 is 2.19 bits per heavy atom. The molecule has 0 spiro atoms. The fraction of sp³-hybridized carbons (Fsp3) is 0.400. The van der Waals surface area contributed by atoms with Crippen LogP contribution in [0.4, 0.5) is 0 Å². The number of benzene rings is 2. The fourth-order valence-electron chi connectivity index (χ4n) is 3.11. The summed E-state index contributed by atoms with van der Waals surface area (Å²) in [5.74, 6) is 0.535. The summed E-state index contributed by atoms with van der Waals surface area (Å²) >= 11 is 17.9. The van der Waals surface area contributed by atoms with Crippen molar-refractivity contribution in [1.82, 2.24) is 9.80 Å². The van der Waals surface area contributed by atoms with Crippen LogP contribution in [-0.2, 0) is 6.54 Å². The molecule has 4 nitrogen and oxygen atoms in total. The van der Waals surface area contributed by atoms with Crippen LogP contribution in [0.5, 0.6) is 5.75 Å². The first-order valence-corrected chi connectivity index (χ1v) is 10.1. The molecule has 1 heterocycles. The molecule has 2 aromatic rings. The van der Waals surface area contributed by atoms with E-state index in [2.05, 4.69) is 21.9 Å². The molecule has 0 radical (unpaired) electrons. The first kappa shape index (κ1) is 20.7. The monoisotopic (exact) mass is 428 g/mol. The van der Waals surface area contributed by atoms with Crippen LogP contribution >= 0.6 is 34.8 Å². The summed E-state index contributed by atoms with van der Waals surface area (Å²) in [7, 11) is 0. The van der Waals surface area contributed by atoms with E-state index in [0.717, 1.165) is 37.7 Å². The average molecular weight is 430 g/mol. The molecule has 1 aliphatic heterocycles. The van der Waals surface area contributed by atoms with Gasteiger partial charge in [-0.2, -0.15) is 0 Å². The van der Waals surface area contributed by atoms with Gasteiger partial charge in [0.05, 0.1) is 5.02 Å². The Hall–Kier alpha value is -1.01. The lowest BCUT2D eigenvalue weighted by molar-refractivity contribution is 0.0446. The van der Waals surface area contributed by atoms with Crippen LogP contribution in [0.15, 0.2) is 42.5 Å². The molecular formula is C20H23Cl3N2O2. The number of nitrogens with zero attached hydrogens (tertiary/aromatic N) is 2. The van der Waals surface area contributed by atoms with Crippen molar-refractivity contribution in [2.45, 2.75) is 12.6 Å². The molecule has 1 saturated heterocycles. The van der Waals surface area contributed by atoms with Crippen LogP contribution in [0.3, 0.4) is 0 Å². The minimum atomic E-state index is -0.570. The fourth-order valence-corrected chi connectivity index (χ4v) is 3.70. The number of aliphatic hydroxyl groups is 1. The number of hydrogen-bond acceptors (Lipinski definition) is 4. The zero-order valence-corrected chi connectivity index (χ0v) is 17.2. The average Bonchev–Trinajstić information content (AvgIpc) is 2.64. The zero-order chi connectivity index (χ0) is 19.2. The van der Waals surface area contributed by atoms with Crippen molar-refractivity contribution >= 4 is 34.8 Å². The summed E-state index contributed by atoms with van der Waals surface area (Å²) in [4.78, 5) is 4.67. The summed E-state index contributed by atoms with van der Waals surface area (Å²) in [6.45, 7) is 5.50. The van der Waals surface area contributed by atoms with Gasteiger partial charge in [0.2, 0.25) is 0 Å². The van der Waals surface area contributed by atoms with Gasteiger partial charge >= 0.3 is 0 Å². The normalized spacial score (nSPS) is 17.0. The molecular weight excluding hydrogens is 407 g/mol. The van der Waals surface area contributed by atoms with E-state index < -0.39 is 6.10 Å². The highest BCUT2D eigenvalue weighted by Gasteiger charge is 2.20. The van der Waals surface area contributed by atoms with Gasteiger partial charge < -0.3 is 9.84 Å². The van der Waals surface area contributed by atoms with E-state index in [1.807, 2.05) is 12.1 Å². The lowest BCUT2D eigenvalue weighted by Crippen LogP contribution is -2.48. The van der Waals surface area contributed by atoms with E-state index in [4.69, 9.17) is 39.5 Å². The standard InChI is InChI=1S/C20H23Cl3N2O2/c21-16-3-1-15(2-4-16)12-24-7-9-25(10-8-24)13-18(26)14-27-20-6-5-17(22)11-19(20)23/h1-6,11,18,26H,7-10,12-14H2. The molecule has 1 aliphatic rings. The number of β-amino-alcohol motifs (C(OH)–C–C–N with tert-alkyl or cyclic N) is 1. The molecule has 3 rings (SSSR count). The molecule has 0 aliphatic carbocycles. The van der Waals surface area contributed by atoms with Crippen molar-refractivity contribution in [3.05, 3.63) is 63.1 Å². The van der Waals surface area contributed by atoms with Crippen LogP contribution in [0.2, 0.25) is 15.1 Å². The van der Waals surface area contributed by atoms with Crippen molar-refractivity contribution in [2.24, 2.45) is 0 Å². The molecule has 146 valence electrons. The Morgan fingerprint density at radius 1 is 0.889 bits per heavy atom. The molecule has 1 atom stereocenters. The van der Waals surface area contributed by atoms with Crippen molar-refractivity contribution in [3.8, 4) is 5.75 Å². The Bertz CT molecular complexity index is 735. The van der Waals surface area contributed by atoms with Gasteiger partial charge in [0, 0.05) is 49.3 Å². The Labute approximate surface area is 175 Å². The highest BCUT2D eigenvalue weighted by Crippen LogP contribution is 2.27. The van der Waals surface area contributed by atoms with Crippen LogP contribution < -0.4 is 4.74 Å². The van der Waals surface area contributed by atoms with Gasteiger partial charge in [0.25, 0.3) is 0 Å². The van der Waals surface area contributed by atoms with Gasteiger partial charge in [0.1, 0.15) is 18.5 Å². The molecule has 27 heavy (non-hydrogen) atoms. The molecule has 7 heteroatoms. The molecule has 1 fully saturated rings. The maximum absolute atomic E-state index is 10.3. The van der Waals surface area contributed by atoms with E-state index in [1.165, 1.54) is 5.56 Å². The number of hydrogen-bond donors (Lipinski definition) is 1. The predicted molar refractivity (Wildman–Crippen MR) is 111 cm³/mol. The van der Waals surface area contributed by atoms with Gasteiger partial charge in [-0.3, -0.25) is 9.80 Å². The second kappa shape index (κ2) is 9.97. The predicted octanol–water partition coefficient (Wildman–Crippen LogP) is 4.20. The number of aliphatic hydroxyl groups excluding tert-OH is 1. The van der Waals surface area contributed by atoms with Crippen molar-refractivity contribution < 1.29 is 9.84 Å². The van der Waals surface area contributed by atoms with E-state index in [-0.39, 0.29) is 6.61 Å². The van der Waals surface area contributed by atoms with Gasteiger partial charge in [-0.25, -0.2) is 0 Å². The van der Waals surface area contributed by atoms with Crippen LogP contribution in [0, 0.1) is 0 Å². The quantitative estimate of drug-likeness (QED) is 0.715. The number of ether oxygens (including phenoxy) is 1. The second-order valence-corrected chi connectivity index (χ2v) is 8.02. The maximum atomic E-state index is 10.3. The number of halogens is 3. The van der Waals surface area contributed by atoms with Gasteiger partial charge in [-0.05, 0) is 35.9 Å². The van der Waals surface area contributed by atoms with E-state index >= 15 is 0 Å². The second-order valence-electron chi connectivity index (χ2n) is 6.74. The highest BCUT2D eigenvalue weighted by atomic mass is 35.5. The first-order valence-electron chi connectivity index (χ1n) is 8.94. The Kier molecular flexibility index (Phi) is 7.65. The Balaban J connectivity index is 1.38. The summed E-state index contributed by atoms with van der Waals surface area (Å²) in [5, 5.41) is 12.0. The number of rotatable bonds is 7. The summed E-state index contributed by atoms with van der Waals surface area (Å²) in [6, 6.07) is 13.1. The third-order valence-corrected chi connectivity index (χ3v) is 5.36. The van der Waals surface area contributed by atoms with E-state index in [0.29, 0.717) is 22.3 Å². The van der Waals surface area contributed by atoms with Crippen molar-refractivity contribution in [3.63, 3.8) is 0 Å². The minimum Gasteiger partial charge on any atom is -0.489 e. The molecule has 2 aromatic carbocycles. The topological polar surface area (TPSA) is 35.9 Å². The van der Waals surface area contributed by atoms with Gasteiger partial charge in [-0.15, -0.1) is 0 Å². The van der Waals surface area contributed by atoms with Gasteiger partial charge in [0.15, 0.2) is 0 Å². The molecule has 1 N–H and O–H groups in total. The summed E-state index contributed by atoms with van der Waals surface area (Å²) in [5.41, 5.74) is 1.26. The van der Waals surface area contributed by atoms with Crippen LogP contribution in [0.25, 0.3) is 0 Å². The van der Waals surface area contributed by atoms with E-state index in [1.54, 1.807) is 18.2 Å². The van der Waals surface area contributed by atoms with Crippen LogP contribution in [0.1, 0.15) is 5.56 Å². The summed E-state index contributed by atoms with van der Waals surface area (Å²) < 4.78 is 5.62. The molecule has 0 amide bonds. The van der Waals surface area contributed by atoms with Crippen molar-refractivity contribution in [1.29, 1.82) is 0 Å². The summed E-state index contributed by atoms with van der Waals surface area (Å²) in [6.07, 6.45) is -0.570. The molecule has 0 saturated carbocycles. The molecule has 0 aromatic heterocycles. The first-order chi connectivity index (χ1) is 13.0. The molecule has 0 bridgehead atoms. The lowest BCUT2D eigenvalue weighted by Gasteiger charge is -2.35. The third-order valence-electron chi connectivity index (χ3n) is 4.58. The smallest absolute Gasteiger partial charge is 0.138 e. The Morgan fingerprint density at radius 2 is 1.52 bits per heavy atom. The third kappa shape index (κ3) is 6.53. The van der Waals surface area contributed by atoms with E-state index in [9.17, 15) is 5.11 Å². The maximum Gasteiger partial charge on any atom is 0.138 e. The van der Waals surface area contributed by atoms with Crippen molar-refractivity contribution in [2.75, 3.05) is 39.3 Å². The minimum absolute atomic E-state index is 0.201. The lowest BCUT2D eigenvalue weighted by atomic mass is 10.2. The van der Waals surface area contributed by atoms with Crippen LogP contribution in [-0.4, -0.2) is 60.3 Å². The zero-order valence-electron chi connectivity index (χ0n) is 15.0. The number of piperazine rings is 1. The van der Waals surface area contributed by atoms with Gasteiger partial charge in [-0.1, -0.05) is 46.9 Å².